The second-order valence-corrected chi connectivity index (χ2v) is 6.83. The van der Waals surface area contributed by atoms with Crippen LogP contribution < -0.4 is 16.0 Å². The maximum atomic E-state index is 12.6. The summed E-state index contributed by atoms with van der Waals surface area (Å²) in [6.45, 7) is 5.03. The van der Waals surface area contributed by atoms with Gasteiger partial charge in [0, 0.05) is 24.8 Å². The lowest BCUT2D eigenvalue weighted by Crippen LogP contribution is -2.45. The molecule has 0 aliphatic rings. The number of hydrogen-bond donors (Lipinski definition) is 3. The van der Waals surface area contributed by atoms with Gasteiger partial charge in [-0.25, -0.2) is 0 Å². The Morgan fingerprint density at radius 3 is 2.11 bits per heavy atom. The Kier molecular flexibility index (Phi) is 6.71. The summed E-state index contributed by atoms with van der Waals surface area (Å²) in [5, 5.41) is 8.21. The van der Waals surface area contributed by atoms with E-state index in [4.69, 9.17) is 0 Å². The van der Waals surface area contributed by atoms with Crippen molar-refractivity contribution in [3.05, 3.63) is 60.2 Å². The van der Waals surface area contributed by atoms with E-state index < -0.39 is 11.3 Å². The number of carbonyl (C=O) groups is 3. The van der Waals surface area contributed by atoms with Crippen molar-refractivity contribution in [3.63, 3.8) is 0 Å². The number of rotatable bonds is 7. The number of benzene rings is 2. The molecule has 0 aromatic heterocycles. The monoisotopic (exact) mass is 367 g/mol. The van der Waals surface area contributed by atoms with E-state index in [1.807, 2.05) is 30.3 Å². The number of anilines is 2. The van der Waals surface area contributed by atoms with Crippen molar-refractivity contribution in [2.24, 2.45) is 5.41 Å². The predicted octanol–water partition coefficient (Wildman–Crippen LogP) is 2.97. The molecule has 27 heavy (non-hydrogen) atoms. The molecule has 0 atom stereocenters. The van der Waals surface area contributed by atoms with Gasteiger partial charge in [0.15, 0.2) is 0 Å². The molecule has 0 saturated carbocycles. The molecule has 0 aliphatic carbocycles. The molecule has 142 valence electrons. The van der Waals surface area contributed by atoms with Crippen LogP contribution in [0.5, 0.6) is 0 Å². The van der Waals surface area contributed by atoms with Crippen molar-refractivity contribution in [1.82, 2.24) is 5.32 Å². The quantitative estimate of drug-likeness (QED) is 0.658. The molecule has 0 saturated heterocycles. The third-order valence-corrected chi connectivity index (χ3v) is 4.12. The molecule has 0 unspecified atom stereocenters. The van der Waals surface area contributed by atoms with Gasteiger partial charge in [-0.3, -0.25) is 14.4 Å². The first-order valence-corrected chi connectivity index (χ1v) is 8.80. The maximum absolute atomic E-state index is 12.6. The number of amides is 3. The highest BCUT2D eigenvalue weighted by atomic mass is 16.2. The number of hydrogen-bond acceptors (Lipinski definition) is 3. The first kappa shape index (κ1) is 20.2. The van der Waals surface area contributed by atoms with Crippen molar-refractivity contribution >= 4 is 29.1 Å². The van der Waals surface area contributed by atoms with E-state index in [1.165, 1.54) is 6.92 Å². The van der Waals surface area contributed by atoms with Crippen LogP contribution in [0.3, 0.4) is 0 Å². The van der Waals surface area contributed by atoms with Crippen molar-refractivity contribution in [1.29, 1.82) is 0 Å². The van der Waals surface area contributed by atoms with Crippen LogP contribution in [0, 0.1) is 5.41 Å². The maximum Gasteiger partial charge on any atom is 0.239 e. The highest BCUT2D eigenvalue weighted by Gasteiger charge is 2.35. The van der Waals surface area contributed by atoms with Crippen molar-refractivity contribution in [3.8, 4) is 0 Å². The minimum Gasteiger partial charge on any atom is -0.355 e. The average molecular weight is 367 g/mol. The third-order valence-electron chi connectivity index (χ3n) is 4.12. The topological polar surface area (TPSA) is 87.3 Å². The molecule has 0 bridgehead atoms. The Balaban J connectivity index is 1.93. The summed E-state index contributed by atoms with van der Waals surface area (Å²) in [6.07, 6.45) is 0.697. The first-order chi connectivity index (χ1) is 12.8. The van der Waals surface area contributed by atoms with E-state index in [2.05, 4.69) is 16.0 Å². The second kappa shape index (κ2) is 8.98. The second-order valence-electron chi connectivity index (χ2n) is 6.83. The number of nitrogens with one attached hydrogen (secondary N) is 3. The van der Waals surface area contributed by atoms with Gasteiger partial charge in [0.25, 0.3) is 0 Å². The Morgan fingerprint density at radius 2 is 1.48 bits per heavy atom. The smallest absolute Gasteiger partial charge is 0.239 e. The number of carbonyl (C=O) groups excluding carboxylic acids is 3. The van der Waals surface area contributed by atoms with Crippen LogP contribution in [-0.2, 0) is 20.8 Å². The lowest BCUT2D eigenvalue weighted by molar-refractivity contribution is -0.138. The van der Waals surface area contributed by atoms with Crippen LogP contribution >= 0.6 is 0 Å². The predicted molar refractivity (Wildman–Crippen MR) is 106 cm³/mol. The van der Waals surface area contributed by atoms with Crippen LogP contribution in [0.2, 0.25) is 0 Å². The lowest BCUT2D eigenvalue weighted by Gasteiger charge is -2.23. The zero-order valence-corrected chi connectivity index (χ0v) is 15.8. The van der Waals surface area contributed by atoms with Crippen LogP contribution in [0.4, 0.5) is 11.4 Å². The zero-order valence-electron chi connectivity index (χ0n) is 15.8. The summed E-state index contributed by atoms with van der Waals surface area (Å²) in [5.74, 6) is -0.953. The molecular formula is C21H25N3O3. The van der Waals surface area contributed by atoms with E-state index in [0.717, 1.165) is 5.56 Å². The molecule has 2 aromatic carbocycles. The van der Waals surface area contributed by atoms with E-state index in [-0.39, 0.29) is 11.8 Å². The fourth-order valence-corrected chi connectivity index (χ4v) is 2.45. The SMILES string of the molecule is CC(=O)Nc1cccc(NC(=O)C(C)(C)C(=O)NCCc2ccccc2)c1. The Morgan fingerprint density at radius 1 is 0.852 bits per heavy atom. The zero-order chi connectivity index (χ0) is 19.9. The summed E-state index contributed by atoms with van der Waals surface area (Å²) in [6, 6.07) is 16.6. The van der Waals surface area contributed by atoms with Crippen LogP contribution in [0.25, 0.3) is 0 Å². The molecule has 6 heteroatoms. The van der Waals surface area contributed by atoms with Crippen LogP contribution in [-0.4, -0.2) is 24.3 Å². The largest absolute Gasteiger partial charge is 0.355 e. The summed E-state index contributed by atoms with van der Waals surface area (Å²) < 4.78 is 0. The molecule has 0 spiro atoms. The van der Waals surface area contributed by atoms with Crippen LogP contribution in [0.1, 0.15) is 26.3 Å². The molecule has 3 amide bonds. The van der Waals surface area contributed by atoms with E-state index >= 15 is 0 Å². The minimum absolute atomic E-state index is 0.198. The minimum atomic E-state index is -1.24. The van der Waals surface area contributed by atoms with E-state index in [0.29, 0.717) is 24.3 Å². The van der Waals surface area contributed by atoms with Crippen molar-refractivity contribution < 1.29 is 14.4 Å². The van der Waals surface area contributed by atoms with Crippen LogP contribution in [0.15, 0.2) is 54.6 Å². The van der Waals surface area contributed by atoms with Gasteiger partial charge in [-0.15, -0.1) is 0 Å². The fraction of sp³-hybridized carbons (Fsp3) is 0.286. The highest BCUT2D eigenvalue weighted by molar-refractivity contribution is 6.10. The Bertz CT molecular complexity index is 816. The summed E-state index contributed by atoms with van der Waals surface area (Å²) >= 11 is 0. The van der Waals surface area contributed by atoms with Gasteiger partial charge in [0.2, 0.25) is 17.7 Å². The molecule has 3 N–H and O–H groups in total. The highest BCUT2D eigenvalue weighted by Crippen LogP contribution is 2.21. The van der Waals surface area contributed by atoms with Crippen molar-refractivity contribution in [2.45, 2.75) is 27.2 Å². The molecule has 0 aliphatic heterocycles. The molecule has 0 fully saturated rings. The van der Waals surface area contributed by atoms with E-state index in [1.54, 1.807) is 38.1 Å². The summed E-state index contributed by atoms with van der Waals surface area (Å²) in [5.41, 5.74) is 0.970. The first-order valence-electron chi connectivity index (χ1n) is 8.80. The van der Waals surface area contributed by atoms with Crippen molar-refractivity contribution in [2.75, 3.05) is 17.2 Å². The van der Waals surface area contributed by atoms with Gasteiger partial charge in [0.05, 0.1) is 0 Å². The molecule has 2 aromatic rings. The van der Waals surface area contributed by atoms with Gasteiger partial charge in [-0.2, -0.15) is 0 Å². The van der Waals surface area contributed by atoms with Gasteiger partial charge >= 0.3 is 0 Å². The molecule has 2 rings (SSSR count). The summed E-state index contributed by atoms with van der Waals surface area (Å²) in [4.78, 5) is 36.2. The van der Waals surface area contributed by atoms with Gasteiger partial charge in [-0.1, -0.05) is 36.4 Å². The molecular weight excluding hydrogens is 342 g/mol. The Labute approximate surface area is 159 Å². The fourth-order valence-electron chi connectivity index (χ4n) is 2.45. The molecule has 0 heterocycles. The average Bonchev–Trinajstić information content (AvgIpc) is 2.62. The normalized spacial score (nSPS) is 10.8. The molecule has 6 nitrogen and oxygen atoms in total. The Hall–Kier alpha value is -3.15. The molecule has 0 radical (unpaired) electrons. The third kappa shape index (κ3) is 5.95. The van der Waals surface area contributed by atoms with Gasteiger partial charge < -0.3 is 16.0 Å². The standard InChI is InChI=1S/C21H25N3O3/c1-15(25)23-17-10-7-11-18(14-17)24-20(27)21(2,3)19(26)22-13-12-16-8-5-4-6-9-16/h4-11,14H,12-13H2,1-3H3,(H,22,26)(H,23,25)(H,24,27). The van der Waals surface area contributed by atoms with Gasteiger partial charge in [-0.05, 0) is 44.0 Å². The summed E-state index contributed by atoms with van der Waals surface area (Å²) in [7, 11) is 0. The van der Waals surface area contributed by atoms with E-state index in [9.17, 15) is 14.4 Å². The lowest BCUT2D eigenvalue weighted by atomic mass is 9.90. The van der Waals surface area contributed by atoms with Gasteiger partial charge in [0.1, 0.15) is 5.41 Å².